The number of phenols is 2. The molecule has 156 valence electrons. The molecule has 1 heterocycles. The standard InChI is InChI=1S/C24H16F3NO3/c25-24(26,27)31-21-3-1-2-17(12-21)18-13-22(15-4-8-19(29)9-5-15)28-23(14-18)16-6-10-20(30)11-7-16/h1-14,29-30H. The maximum absolute atomic E-state index is 12.6. The van der Waals surface area contributed by atoms with Crippen LogP contribution in [-0.2, 0) is 0 Å². The van der Waals surface area contributed by atoms with Crippen LogP contribution < -0.4 is 4.74 Å². The van der Waals surface area contributed by atoms with Crippen LogP contribution in [0.3, 0.4) is 0 Å². The van der Waals surface area contributed by atoms with E-state index in [1.807, 2.05) is 0 Å². The van der Waals surface area contributed by atoms with E-state index < -0.39 is 6.36 Å². The quantitative estimate of drug-likeness (QED) is 0.399. The van der Waals surface area contributed by atoms with Gasteiger partial charge in [0.25, 0.3) is 0 Å². The van der Waals surface area contributed by atoms with Crippen LogP contribution in [0.4, 0.5) is 13.2 Å². The van der Waals surface area contributed by atoms with Crippen molar-refractivity contribution < 1.29 is 28.1 Å². The molecule has 0 fully saturated rings. The summed E-state index contributed by atoms with van der Waals surface area (Å²) < 4.78 is 42.0. The summed E-state index contributed by atoms with van der Waals surface area (Å²) in [6.07, 6.45) is -4.79. The minimum atomic E-state index is -4.79. The number of halogens is 3. The molecule has 0 atom stereocenters. The Kier molecular flexibility index (Phi) is 5.25. The molecular weight excluding hydrogens is 407 g/mol. The first kappa shape index (κ1) is 20.3. The Hall–Kier alpha value is -4.00. The van der Waals surface area contributed by atoms with Crippen LogP contribution in [-0.4, -0.2) is 21.6 Å². The van der Waals surface area contributed by atoms with Gasteiger partial charge in [-0.1, -0.05) is 12.1 Å². The number of phenolic OH excluding ortho intramolecular Hbond substituents is 2. The molecule has 0 aliphatic heterocycles. The molecule has 1 aromatic heterocycles. The largest absolute Gasteiger partial charge is 0.573 e. The van der Waals surface area contributed by atoms with Crippen molar-refractivity contribution in [2.75, 3.05) is 0 Å². The van der Waals surface area contributed by atoms with Crippen molar-refractivity contribution in [3.63, 3.8) is 0 Å². The lowest BCUT2D eigenvalue weighted by atomic mass is 9.99. The highest BCUT2D eigenvalue weighted by Gasteiger charge is 2.31. The second-order valence-electron chi connectivity index (χ2n) is 6.80. The molecule has 0 saturated heterocycles. The summed E-state index contributed by atoms with van der Waals surface area (Å²) in [6, 6.07) is 22.1. The fourth-order valence-corrected chi connectivity index (χ4v) is 3.13. The van der Waals surface area contributed by atoms with Crippen LogP contribution in [0.1, 0.15) is 0 Å². The predicted octanol–water partition coefficient (Wildman–Crippen LogP) is 6.39. The van der Waals surface area contributed by atoms with E-state index in [1.54, 1.807) is 42.5 Å². The Bertz CT molecular complexity index is 1140. The number of nitrogens with zero attached hydrogens (tertiary/aromatic N) is 1. The first-order valence-corrected chi connectivity index (χ1v) is 9.24. The number of aromatic hydroxyl groups is 2. The van der Waals surface area contributed by atoms with Crippen molar-refractivity contribution in [2.45, 2.75) is 6.36 Å². The van der Waals surface area contributed by atoms with Gasteiger partial charge in [0.1, 0.15) is 17.2 Å². The summed E-state index contributed by atoms with van der Waals surface area (Å²) in [6.45, 7) is 0. The molecule has 4 aromatic rings. The highest BCUT2D eigenvalue weighted by atomic mass is 19.4. The van der Waals surface area contributed by atoms with Crippen molar-refractivity contribution >= 4 is 0 Å². The van der Waals surface area contributed by atoms with Crippen LogP contribution in [0, 0.1) is 0 Å². The van der Waals surface area contributed by atoms with E-state index in [-0.39, 0.29) is 17.2 Å². The molecule has 0 aliphatic rings. The predicted molar refractivity (Wildman–Crippen MR) is 111 cm³/mol. The molecule has 4 rings (SSSR count). The summed E-state index contributed by atoms with van der Waals surface area (Å²) in [5.41, 5.74) is 3.74. The lowest BCUT2D eigenvalue weighted by Crippen LogP contribution is -2.17. The summed E-state index contributed by atoms with van der Waals surface area (Å²) in [5.74, 6) is -0.106. The molecule has 7 heteroatoms. The Labute approximate surface area is 175 Å². The van der Waals surface area contributed by atoms with E-state index >= 15 is 0 Å². The number of hydrogen-bond donors (Lipinski definition) is 2. The van der Waals surface area contributed by atoms with Gasteiger partial charge in [-0.25, -0.2) is 4.98 Å². The Morgan fingerprint density at radius 3 is 1.61 bits per heavy atom. The van der Waals surface area contributed by atoms with Crippen LogP contribution >= 0.6 is 0 Å². The Morgan fingerprint density at radius 1 is 0.613 bits per heavy atom. The zero-order valence-corrected chi connectivity index (χ0v) is 16.0. The molecular formula is C24H16F3NO3. The van der Waals surface area contributed by atoms with E-state index in [0.717, 1.165) is 11.1 Å². The molecule has 0 spiro atoms. The Balaban J connectivity index is 1.84. The smallest absolute Gasteiger partial charge is 0.508 e. The van der Waals surface area contributed by atoms with Gasteiger partial charge in [0.15, 0.2) is 0 Å². The van der Waals surface area contributed by atoms with Gasteiger partial charge >= 0.3 is 6.36 Å². The number of alkyl halides is 3. The minimum Gasteiger partial charge on any atom is -0.508 e. The highest BCUT2D eigenvalue weighted by molar-refractivity contribution is 5.77. The average Bonchev–Trinajstić information content (AvgIpc) is 2.73. The lowest BCUT2D eigenvalue weighted by molar-refractivity contribution is -0.274. The second kappa shape index (κ2) is 8.02. The van der Waals surface area contributed by atoms with Gasteiger partial charge < -0.3 is 14.9 Å². The van der Waals surface area contributed by atoms with Gasteiger partial charge in [-0.15, -0.1) is 13.2 Å². The van der Waals surface area contributed by atoms with Gasteiger partial charge in [-0.2, -0.15) is 0 Å². The molecule has 0 amide bonds. The van der Waals surface area contributed by atoms with E-state index in [1.165, 1.54) is 42.5 Å². The zero-order valence-electron chi connectivity index (χ0n) is 16.0. The molecule has 0 aliphatic carbocycles. The Morgan fingerprint density at radius 2 is 1.13 bits per heavy atom. The monoisotopic (exact) mass is 423 g/mol. The van der Waals surface area contributed by atoms with Crippen molar-refractivity contribution in [1.82, 2.24) is 4.98 Å². The summed E-state index contributed by atoms with van der Waals surface area (Å²) in [7, 11) is 0. The van der Waals surface area contributed by atoms with Gasteiger partial charge in [-0.05, 0) is 83.9 Å². The second-order valence-corrected chi connectivity index (χ2v) is 6.80. The minimum absolute atomic E-state index is 0.107. The van der Waals surface area contributed by atoms with Crippen molar-refractivity contribution in [3.8, 4) is 50.9 Å². The number of aromatic nitrogens is 1. The fraction of sp³-hybridized carbons (Fsp3) is 0.0417. The third kappa shape index (κ3) is 4.95. The normalized spacial score (nSPS) is 11.3. The molecule has 2 N–H and O–H groups in total. The number of benzene rings is 3. The highest BCUT2D eigenvalue weighted by Crippen LogP contribution is 2.33. The van der Waals surface area contributed by atoms with Crippen molar-refractivity contribution in [2.24, 2.45) is 0 Å². The van der Waals surface area contributed by atoms with Gasteiger partial charge in [0, 0.05) is 11.1 Å². The average molecular weight is 423 g/mol. The number of pyridine rings is 1. The van der Waals surface area contributed by atoms with E-state index in [2.05, 4.69) is 9.72 Å². The molecule has 0 radical (unpaired) electrons. The summed E-state index contributed by atoms with van der Waals surface area (Å²) >= 11 is 0. The molecule has 4 nitrogen and oxygen atoms in total. The van der Waals surface area contributed by atoms with Crippen LogP contribution in [0.25, 0.3) is 33.6 Å². The van der Waals surface area contributed by atoms with Gasteiger partial charge in [-0.3, -0.25) is 0 Å². The summed E-state index contributed by atoms with van der Waals surface area (Å²) in [5, 5.41) is 19.1. The molecule has 31 heavy (non-hydrogen) atoms. The maximum Gasteiger partial charge on any atom is 0.573 e. The number of ether oxygens (including phenoxy) is 1. The molecule has 3 aromatic carbocycles. The number of hydrogen-bond acceptors (Lipinski definition) is 4. The van der Waals surface area contributed by atoms with Crippen LogP contribution in [0.2, 0.25) is 0 Å². The first-order chi connectivity index (χ1) is 14.8. The van der Waals surface area contributed by atoms with E-state index in [4.69, 9.17) is 0 Å². The van der Waals surface area contributed by atoms with Crippen molar-refractivity contribution in [1.29, 1.82) is 0 Å². The molecule has 0 unspecified atom stereocenters. The lowest BCUT2D eigenvalue weighted by Gasteiger charge is -2.13. The fourth-order valence-electron chi connectivity index (χ4n) is 3.13. The first-order valence-electron chi connectivity index (χ1n) is 9.24. The SMILES string of the molecule is Oc1ccc(-c2cc(-c3cccc(OC(F)(F)F)c3)cc(-c3ccc(O)cc3)n2)cc1. The maximum atomic E-state index is 12.6. The number of rotatable bonds is 4. The zero-order chi connectivity index (χ0) is 22.0. The van der Waals surface area contributed by atoms with Crippen LogP contribution in [0.5, 0.6) is 17.2 Å². The molecule has 0 saturated carbocycles. The van der Waals surface area contributed by atoms with Crippen molar-refractivity contribution in [3.05, 3.63) is 84.9 Å². The topological polar surface area (TPSA) is 62.6 Å². The van der Waals surface area contributed by atoms with E-state index in [9.17, 15) is 23.4 Å². The van der Waals surface area contributed by atoms with Crippen LogP contribution in [0.15, 0.2) is 84.9 Å². The summed E-state index contributed by atoms with van der Waals surface area (Å²) in [4.78, 5) is 4.67. The van der Waals surface area contributed by atoms with Gasteiger partial charge in [0.05, 0.1) is 11.4 Å². The molecule has 0 bridgehead atoms. The van der Waals surface area contributed by atoms with E-state index in [0.29, 0.717) is 22.5 Å². The third-order valence-electron chi connectivity index (χ3n) is 4.55. The van der Waals surface area contributed by atoms with Gasteiger partial charge in [0.2, 0.25) is 0 Å². The third-order valence-corrected chi connectivity index (χ3v) is 4.55.